The molecule has 1 saturated heterocycles. The van der Waals surface area contributed by atoms with Gasteiger partial charge in [0.15, 0.2) is 6.29 Å². The minimum absolute atomic E-state index is 0.730. The number of hydrogen-bond acceptors (Lipinski definition) is 7. The van der Waals surface area contributed by atoms with Crippen molar-refractivity contribution >= 4 is 7.82 Å². The SMILES string of the molecule is O=P(O)(O)OC[C@H]1O[C@@H](O)[C@@H](O)[C@@H](O)[C@H]1O. The van der Waals surface area contributed by atoms with Crippen LogP contribution in [0.1, 0.15) is 0 Å². The van der Waals surface area contributed by atoms with E-state index in [0.717, 1.165) is 0 Å². The van der Waals surface area contributed by atoms with Crippen LogP contribution in [0.4, 0.5) is 0 Å². The van der Waals surface area contributed by atoms with Gasteiger partial charge in [-0.2, -0.15) is 0 Å². The van der Waals surface area contributed by atoms with Crippen molar-refractivity contribution in [2.75, 3.05) is 6.61 Å². The van der Waals surface area contributed by atoms with Crippen LogP contribution in [-0.4, -0.2) is 67.5 Å². The molecule has 10 heteroatoms. The molecule has 0 aromatic carbocycles. The lowest BCUT2D eigenvalue weighted by Crippen LogP contribution is -2.58. The lowest BCUT2D eigenvalue weighted by molar-refractivity contribution is -0.285. The van der Waals surface area contributed by atoms with Crippen LogP contribution in [-0.2, 0) is 13.8 Å². The van der Waals surface area contributed by atoms with Crippen molar-refractivity contribution < 1.29 is 44.0 Å². The Balaban J connectivity index is 2.57. The Hall–Kier alpha value is -0.0900. The largest absolute Gasteiger partial charge is 0.469 e. The summed E-state index contributed by atoms with van der Waals surface area (Å²) in [5, 5.41) is 36.7. The van der Waals surface area contributed by atoms with E-state index >= 15 is 0 Å². The molecule has 1 aliphatic rings. The zero-order chi connectivity index (χ0) is 12.5. The van der Waals surface area contributed by atoms with E-state index < -0.39 is 45.1 Å². The summed E-state index contributed by atoms with van der Waals surface area (Å²) in [6.07, 6.45) is -8.11. The normalized spacial score (nSPS) is 41.0. The highest BCUT2D eigenvalue weighted by atomic mass is 31.2. The molecule has 0 radical (unpaired) electrons. The fourth-order valence-electron chi connectivity index (χ4n) is 1.24. The quantitative estimate of drug-likeness (QED) is 0.289. The van der Waals surface area contributed by atoms with Crippen molar-refractivity contribution in [3.63, 3.8) is 0 Å². The van der Waals surface area contributed by atoms with E-state index in [1.165, 1.54) is 0 Å². The average molecular weight is 260 g/mol. The van der Waals surface area contributed by atoms with Gasteiger partial charge in [-0.05, 0) is 0 Å². The van der Waals surface area contributed by atoms with E-state index in [4.69, 9.17) is 20.0 Å². The fourth-order valence-corrected chi connectivity index (χ4v) is 1.58. The molecule has 1 aliphatic heterocycles. The predicted molar refractivity (Wildman–Crippen MR) is 46.9 cm³/mol. The van der Waals surface area contributed by atoms with Gasteiger partial charge in [0, 0.05) is 0 Å². The third-order valence-corrected chi connectivity index (χ3v) is 2.58. The summed E-state index contributed by atoms with van der Waals surface area (Å²) in [6.45, 7) is -0.730. The molecule has 16 heavy (non-hydrogen) atoms. The molecule has 0 bridgehead atoms. The van der Waals surface area contributed by atoms with Crippen molar-refractivity contribution in [3.05, 3.63) is 0 Å². The lowest BCUT2D eigenvalue weighted by atomic mass is 10.00. The van der Waals surface area contributed by atoms with Gasteiger partial charge < -0.3 is 34.9 Å². The first-order valence-electron chi connectivity index (χ1n) is 4.30. The second kappa shape index (κ2) is 5.05. The number of rotatable bonds is 3. The molecule has 0 amide bonds. The van der Waals surface area contributed by atoms with Gasteiger partial charge >= 0.3 is 7.82 Å². The molecule has 6 N–H and O–H groups in total. The maximum absolute atomic E-state index is 10.4. The zero-order valence-electron chi connectivity index (χ0n) is 7.95. The van der Waals surface area contributed by atoms with Crippen LogP contribution in [0.5, 0.6) is 0 Å². The Labute approximate surface area is 90.1 Å². The van der Waals surface area contributed by atoms with E-state index in [0.29, 0.717) is 0 Å². The van der Waals surface area contributed by atoms with Crippen molar-refractivity contribution in [1.82, 2.24) is 0 Å². The molecule has 0 spiro atoms. The van der Waals surface area contributed by atoms with Gasteiger partial charge in [0.1, 0.15) is 24.4 Å². The number of phosphoric ester groups is 1. The Morgan fingerprint density at radius 3 is 2.12 bits per heavy atom. The zero-order valence-corrected chi connectivity index (χ0v) is 8.84. The monoisotopic (exact) mass is 260 g/mol. The Morgan fingerprint density at radius 2 is 1.62 bits per heavy atom. The van der Waals surface area contributed by atoms with E-state index in [1.54, 1.807) is 0 Å². The topological polar surface area (TPSA) is 157 Å². The minimum Gasteiger partial charge on any atom is -0.387 e. The van der Waals surface area contributed by atoms with Crippen molar-refractivity contribution in [2.45, 2.75) is 30.7 Å². The molecule has 0 saturated carbocycles. The molecule has 9 nitrogen and oxygen atoms in total. The summed E-state index contributed by atoms with van der Waals surface area (Å²) in [7, 11) is -4.73. The molecule has 1 rings (SSSR count). The van der Waals surface area contributed by atoms with Gasteiger partial charge in [0.2, 0.25) is 0 Å². The average Bonchev–Trinajstić information content (AvgIpc) is 2.17. The predicted octanol–water partition coefficient (Wildman–Crippen LogP) is -3.10. The Kier molecular flexibility index (Phi) is 4.41. The van der Waals surface area contributed by atoms with Gasteiger partial charge in [-0.25, -0.2) is 4.57 Å². The molecular weight excluding hydrogens is 247 g/mol. The maximum Gasteiger partial charge on any atom is 0.469 e. The summed E-state index contributed by atoms with van der Waals surface area (Å²) in [5.41, 5.74) is 0. The van der Waals surface area contributed by atoms with Crippen LogP contribution in [0.2, 0.25) is 0 Å². The van der Waals surface area contributed by atoms with Crippen molar-refractivity contribution in [3.8, 4) is 0 Å². The Morgan fingerprint density at radius 1 is 1.06 bits per heavy atom. The van der Waals surface area contributed by atoms with E-state index in [9.17, 15) is 14.8 Å². The molecule has 0 aromatic rings. The third kappa shape index (κ3) is 3.45. The molecule has 96 valence electrons. The highest BCUT2D eigenvalue weighted by Gasteiger charge is 2.43. The van der Waals surface area contributed by atoms with Gasteiger partial charge in [0.05, 0.1) is 6.61 Å². The molecule has 5 atom stereocenters. The highest BCUT2D eigenvalue weighted by Crippen LogP contribution is 2.36. The van der Waals surface area contributed by atoms with Gasteiger partial charge in [-0.15, -0.1) is 0 Å². The van der Waals surface area contributed by atoms with E-state index in [-0.39, 0.29) is 0 Å². The molecule has 1 fully saturated rings. The van der Waals surface area contributed by atoms with Crippen LogP contribution < -0.4 is 0 Å². The Bertz CT molecular complexity index is 277. The maximum atomic E-state index is 10.4. The third-order valence-electron chi connectivity index (χ3n) is 2.09. The molecule has 0 aromatic heterocycles. The number of phosphoric acid groups is 1. The smallest absolute Gasteiger partial charge is 0.387 e. The minimum atomic E-state index is -4.73. The molecule has 0 aliphatic carbocycles. The summed E-state index contributed by atoms with van der Waals surface area (Å²) in [6, 6.07) is 0. The number of hydrogen-bond donors (Lipinski definition) is 6. The standard InChI is InChI=1S/C6H13O9P/c7-3-2(1-14-16(11,12)13)15-6(10)5(9)4(3)8/h2-10H,1H2,(H2,11,12,13)/t2-,3+,4+,5+,6-/m1/s1. The first-order valence-corrected chi connectivity index (χ1v) is 5.83. The van der Waals surface area contributed by atoms with Crippen LogP contribution in [0, 0.1) is 0 Å². The van der Waals surface area contributed by atoms with Crippen LogP contribution in [0.3, 0.4) is 0 Å². The van der Waals surface area contributed by atoms with Gasteiger partial charge in [0.25, 0.3) is 0 Å². The van der Waals surface area contributed by atoms with Gasteiger partial charge in [-0.3, -0.25) is 4.52 Å². The first-order chi connectivity index (χ1) is 7.22. The van der Waals surface area contributed by atoms with Crippen LogP contribution >= 0.6 is 7.82 Å². The summed E-state index contributed by atoms with van der Waals surface area (Å²) >= 11 is 0. The fraction of sp³-hybridized carbons (Fsp3) is 1.00. The van der Waals surface area contributed by atoms with Crippen molar-refractivity contribution in [2.24, 2.45) is 0 Å². The van der Waals surface area contributed by atoms with Crippen LogP contribution in [0.15, 0.2) is 0 Å². The first kappa shape index (κ1) is 14.0. The van der Waals surface area contributed by atoms with Crippen molar-refractivity contribution in [1.29, 1.82) is 0 Å². The number of aliphatic hydroxyl groups is 4. The highest BCUT2D eigenvalue weighted by molar-refractivity contribution is 7.46. The van der Waals surface area contributed by atoms with E-state index in [1.807, 2.05) is 0 Å². The molecular formula is C6H13O9P. The van der Waals surface area contributed by atoms with Crippen LogP contribution in [0.25, 0.3) is 0 Å². The second-order valence-corrected chi connectivity index (χ2v) is 4.56. The van der Waals surface area contributed by atoms with Gasteiger partial charge in [-0.1, -0.05) is 0 Å². The lowest BCUT2D eigenvalue weighted by Gasteiger charge is -2.38. The molecule has 1 heterocycles. The number of aliphatic hydroxyl groups excluding tert-OH is 4. The van der Waals surface area contributed by atoms with E-state index in [2.05, 4.69) is 9.26 Å². The summed E-state index contributed by atoms with van der Waals surface area (Å²) in [4.78, 5) is 16.8. The number of ether oxygens (including phenoxy) is 1. The summed E-state index contributed by atoms with van der Waals surface area (Å²) < 4.78 is 19.0. The second-order valence-electron chi connectivity index (χ2n) is 3.32. The molecule has 0 unspecified atom stereocenters. The summed E-state index contributed by atoms with van der Waals surface area (Å²) in [5.74, 6) is 0.